The van der Waals surface area contributed by atoms with Gasteiger partial charge in [-0.1, -0.05) is 42.5 Å². The lowest BCUT2D eigenvalue weighted by Crippen LogP contribution is -2.30. The molecule has 3 aromatic carbocycles. The highest BCUT2D eigenvalue weighted by atomic mass is 19.4. The van der Waals surface area contributed by atoms with Crippen LogP contribution < -0.4 is 15.4 Å². The van der Waals surface area contributed by atoms with Gasteiger partial charge in [-0.05, 0) is 71.6 Å². The molecular formula is C32H29F4N3O6. The summed E-state index contributed by atoms with van der Waals surface area (Å²) < 4.78 is 51.0. The lowest BCUT2D eigenvalue weighted by atomic mass is 9.98. The number of aromatic nitrogens is 1. The van der Waals surface area contributed by atoms with E-state index in [0.717, 1.165) is 17.8 Å². The predicted molar refractivity (Wildman–Crippen MR) is 157 cm³/mol. The maximum absolute atomic E-state index is 13.6. The summed E-state index contributed by atoms with van der Waals surface area (Å²) in [5.74, 6) is -3.08. The molecule has 1 aromatic heterocycles. The molecule has 0 spiro atoms. The van der Waals surface area contributed by atoms with Crippen LogP contribution in [0.5, 0.6) is 5.75 Å². The van der Waals surface area contributed by atoms with Crippen LogP contribution in [0.4, 0.5) is 23.4 Å². The monoisotopic (exact) mass is 627 g/mol. The number of nitrogens with one attached hydrogen (secondary N) is 2. The van der Waals surface area contributed by atoms with E-state index in [1.165, 1.54) is 12.1 Å². The van der Waals surface area contributed by atoms with E-state index >= 15 is 0 Å². The van der Waals surface area contributed by atoms with Crippen LogP contribution in [0.1, 0.15) is 34.8 Å². The lowest BCUT2D eigenvalue weighted by Gasteiger charge is -2.18. The van der Waals surface area contributed by atoms with Gasteiger partial charge in [-0.15, -0.1) is 0 Å². The molecule has 0 saturated carbocycles. The Balaban J connectivity index is 0.000000707. The summed E-state index contributed by atoms with van der Waals surface area (Å²) in [4.78, 5) is 37.5. The highest BCUT2D eigenvalue weighted by Crippen LogP contribution is 2.25. The number of benzene rings is 3. The highest BCUT2D eigenvalue weighted by Gasteiger charge is 2.38. The molecule has 1 amide bonds. The first-order chi connectivity index (χ1) is 21.4. The minimum atomic E-state index is -5.08. The Morgan fingerprint density at radius 2 is 1.56 bits per heavy atom. The van der Waals surface area contributed by atoms with Crippen molar-refractivity contribution in [2.45, 2.75) is 25.1 Å². The van der Waals surface area contributed by atoms with Gasteiger partial charge in [0.05, 0.1) is 19.1 Å². The number of alkyl halides is 3. The number of carboxylic acid groups (broad SMARTS) is 2. The average molecular weight is 628 g/mol. The zero-order valence-corrected chi connectivity index (χ0v) is 23.6. The van der Waals surface area contributed by atoms with Crippen LogP contribution in [0, 0.1) is 5.82 Å². The molecule has 0 aliphatic heterocycles. The van der Waals surface area contributed by atoms with Crippen LogP contribution in [0.25, 0.3) is 11.1 Å². The van der Waals surface area contributed by atoms with Gasteiger partial charge in [0, 0.05) is 18.3 Å². The van der Waals surface area contributed by atoms with Gasteiger partial charge in [0.2, 0.25) is 0 Å². The Hall–Kier alpha value is -5.46. The van der Waals surface area contributed by atoms with Crippen LogP contribution in [0.2, 0.25) is 0 Å². The van der Waals surface area contributed by atoms with Gasteiger partial charge in [0.1, 0.15) is 17.4 Å². The van der Waals surface area contributed by atoms with Gasteiger partial charge in [-0.2, -0.15) is 13.2 Å². The van der Waals surface area contributed by atoms with E-state index in [2.05, 4.69) is 15.6 Å². The van der Waals surface area contributed by atoms with Crippen molar-refractivity contribution in [2.75, 3.05) is 18.5 Å². The third-order valence-electron chi connectivity index (χ3n) is 6.07. The minimum absolute atomic E-state index is 0.279. The van der Waals surface area contributed by atoms with Crippen LogP contribution in [0.15, 0.2) is 97.2 Å². The summed E-state index contributed by atoms with van der Waals surface area (Å²) >= 11 is 0. The van der Waals surface area contributed by atoms with Crippen molar-refractivity contribution in [1.29, 1.82) is 0 Å². The van der Waals surface area contributed by atoms with Crippen LogP contribution in [-0.2, 0) is 9.59 Å². The molecule has 9 nitrogen and oxygen atoms in total. The Labute approximate surface area is 255 Å². The maximum Gasteiger partial charge on any atom is 0.490 e. The summed E-state index contributed by atoms with van der Waals surface area (Å²) in [5, 5.41) is 22.5. The van der Waals surface area contributed by atoms with Gasteiger partial charge >= 0.3 is 18.1 Å². The standard InChI is InChI=1S/C30H28FN3O4.C2HF3O2/c31-25-6-3-5-24(19-25)21-8-10-22(11-9-21)27(20-29(35)36)34-30(37)23-12-14-26(15-13-23)38-18-4-17-33-28-7-1-2-16-32-28;3-2(4,5)1(6)7/h1-3,5-16,19,27H,4,17-18,20H2,(H,32,33)(H,34,37)(H,35,36);(H,6,7). The van der Waals surface area contributed by atoms with Gasteiger partial charge in [-0.25, -0.2) is 14.2 Å². The summed E-state index contributed by atoms with van der Waals surface area (Å²) in [6, 6.07) is 24.9. The molecule has 0 aliphatic carbocycles. The number of carbonyl (C=O) groups excluding carboxylic acids is 1. The number of amides is 1. The zero-order valence-electron chi connectivity index (χ0n) is 23.6. The van der Waals surface area contributed by atoms with Crippen LogP contribution in [-0.4, -0.2) is 52.4 Å². The second kappa shape index (κ2) is 16.4. The van der Waals surface area contributed by atoms with Crippen molar-refractivity contribution in [2.24, 2.45) is 0 Å². The number of pyridine rings is 1. The van der Waals surface area contributed by atoms with Gasteiger partial charge < -0.3 is 25.6 Å². The molecule has 0 bridgehead atoms. The molecule has 4 aromatic rings. The van der Waals surface area contributed by atoms with E-state index in [-0.39, 0.29) is 12.2 Å². The molecule has 0 aliphatic rings. The van der Waals surface area contributed by atoms with Crippen molar-refractivity contribution < 1.29 is 46.9 Å². The van der Waals surface area contributed by atoms with Crippen molar-refractivity contribution in [3.8, 4) is 16.9 Å². The fourth-order valence-electron chi connectivity index (χ4n) is 3.89. The van der Waals surface area contributed by atoms with E-state index in [9.17, 15) is 32.3 Å². The quantitative estimate of drug-likeness (QED) is 0.105. The number of aliphatic carboxylic acids is 2. The van der Waals surface area contributed by atoms with Gasteiger partial charge in [0.25, 0.3) is 5.91 Å². The molecule has 236 valence electrons. The number of carboxylic acids is 2. The average Bonchev–Trinajstić information content (AvgIpc) is 3.01. The molecule has 45 heavy (non-hydrogen) atoms. The summed E-state index contributed by atoms with van der Waals surface area (Å²) in [6.45, 7) is 1.21. The molecule has 1 atom stereocenters. The fraction of sp³-hybridized carbons (Fsp3) is 0.188. The first-order valence-electron chi connectivity index (χ1n) is 13.5. The smallest absolute Gasteiger partial charge is 0.490 e. The number of nitrogens with zero attached hydrogens (tertiary/aromatic N) is 1. The number of carbonyl (C=O) groups is 3. The maximum atomic E-state index is 13.6. The predicted octanol–water partition coefficient (Wildman–Crippen LogP) is 6.35. The zero-order chi connectivity index (χ0) is 32.8. The van der Waals surface area contributed by atoms with Crippen molar-refractivity contribution in [3.05, 3.63) is 114 Å². The first kappa shape index (κ1) is 34.0. The number of ether oxygens (including phenoxy) is 1. The molecule has 13 heteroatoms. The summed E-state index contributed by atoms with van der Waals surface area (Å²) in [6.07, 6.45) is -2.86. The Morgan fingerprint density at radius 3 is 2.13 bits per heavy atom. The second-order valence-electron chi connectivity index (χ2n) is 9.43. The number of anilines is 1. The van der Waals surface area contributed by atoms with Gasteiger partial charge in [-0.3, -0.25) is 9.59 Å². The fourth-order valence-corrected chi connectivity index (χ4v) is 3.89. The molecule has 4 N–H and O–H groups in total. The SMILES string of the molecule is O=C(O)C(F)(F)F.O=C(O)CC(NC(=O)c1ccc(OCCCNc2ccccn2)cc1)c1ccc(-c2cccc(F)c2)cc1. The van der Waals surface area contributed by atoms with E-state index in [1.807, 2.05) is 18.2 Å². The number of hydrogen-bond acceptors (Lipinski definition) is 6. The van der Waals surface area contributed by atoms with Crippen molar-refractivity contribution in [3.63, 3.8) is 0 Å². The lowest BCUT2D eigenvalue weighted by molar-refractivity contribution is -0.192. The minimum Gasteiger partial charge on any atom is -0.494 e. The number of rotatable bonds is 12. The molecule has 1 unspecified atom stereocenters. The highest BCUT2D eigenvalue weighted by molar-refractivity contribution is 5.94. The molecule has 1 heterocycles. The number of halogens is 4. The topological polar surface area (TPSA) is 138 Å². The molecule has 0 radical (unpaired) electrons. The van der Waals surface area contributed by atoms with Crippen molar-refractivity contribution >= 4 is 23.7 Å². The third-order valence-corrected chi connectivity index (χ3v) is 6.07. The van der Waals surface area contributed by atoms with Gasteiger partial charge in [0.15, 0.2) is 0 Å². The van der Waals surface area contributed by atoms with E-state index < -0.39 is 30.1 Å². The Kier molecular flexibility index (Phi) is 12.4. The third kappa shape index (κ3) is 11.6. The van der Waals surface area contributed by atoms with Crippen molar-refractivity contribution in [1.82, 2.24) is 10.3 Å². The number of hydrogen-bond donors (Lipinski definition) is 4. The molecule has 0 saturated heterocycles. The normalized spacial score (nSPS) is 11.4. The first-order valence-corrected chi connectivity index (χ1v) is 13.5. The second-order valence-corrected chi connectivity index (χ2v) is 9.43. The largest absolute Gasteiger partial charge is 0.494 e. The Bertz CT molecular complexity index is 1550. The molecule has 0 fully saturated rings. The molecule has 4 rings (SSSR count). The summed E-state index contributed by atoms with van der Waals surface area (Å²) in [7, 11) is 0. The Morgan fingerprint density at radius 1 is 0.867 bits per heavy atom. The van der Waals surface area contributed by atoms with E-state index in [1.54, 1.807) is 66.9 Å². The van der Waals surface area contributed by atoms with E-state index in [0.29, 0.717) is 35.6 Å². The van der Waals surface area contributed by atoms with E-state index in [4.69, 9.17) is 14.6 Å². The van der Waals surface area contributed by atoms with Crippen LogP contribution in [0.3, 0.4) is 0 Å². The summed E-state index contributed by atoms with van der Waals surface area (Å²) in [5.41, 5.74) is 2.53. The van der Waals surface area contributed by atoms with Crippen LogP contribution >= 0.6 is 0 Å². The molecular weight excluding hydrogens is 598 g/mol.